The fraction of sp³-hybridized carbons (Fsp3) is 0.944. The maximum absolute atomic E-state index is 5.46. The van der Waals surface area contributed by atoms with Gasteiger partial charge in [0.15, 0.2) is 5.96 Å². The third kappa shape index (κ3) is 5.90. The van der Waals surface area contributed by atoms with Gasteiger partial charge in [0.1, 0.15) is 0 Å². The van der Waals surface area contributed by atoms with E-state index in [1.165, 1.54) is 25.8 Å². The van der Waals surface area contributed by atoms with Crippen LogP contribution in [0.1, 0.15) is 40.0 Å². The van der Waals surface area contributed by atoms with E-state index in [4.69, 9.17) is 4.74 Å². The summed E-state index contributed by atoms with van der Waals surface area (Å²) in [6, 6.07) is 0.718. The summed E-state index contributed by atoms with van der Waals surface area (Å²) in [7, 11) is 1.85. The van der Waals surface area contributed by atoms with Crippen LogP contribution in [-0.2, 0) is 4.74 Å². The molecule has 0 aromatic rings. The Hall–Kier alpha value is -0.850. The number of morpholine rings is 1. The average molecular weight is 340 g/mol. The number of nitrogens with zero attached hydrogens (tertiary/aromatic N) is 3. The van der Waals surface area contributed by atoms with Crippen molar-refractivity contribution in [3.63, 3.8) is 0 Å². The van der Waals surface area contributed by atoms with Crippen molar-refractivity contribution in [2.24, 2.45) is 4.99 Å². The van der Waals surface area contributed by atoms with Crippen molar-refractivity contribution in [2.75, 3.05) is 59.5 Å². The van der Waals surface area contributed by atoms with Gasteiger partial charge in [0, 0.05) is 51.4 Å². The van der Waals surface area contributed by atoms with Gasteiger partial charge in [-0.1, -0.05) is 6.42 Å². The molecule has 2 N–H and O–H groups in total. The Kier molecular flexibility index (Phi) is 7.78. The predicted octanol–water partition coefficient (Wildman–Crippen LogP) is 1.14. The van der Waals surface area contributed by atoms with Crippen LogP contribution in [0, 0.1) is 0 Å². The third-order valence-corrected chi connectivity index (χ3v) is 5.41. The number of hydrogen-bond donors (Lipinski definition) is 2. The van der Waals surface area contributed by atoms with E-state index in [1.54, 1.807) is 0 Å². The molecule has 2 fully saturated rings. The maximum Gasteiger partial charge on any atom is 0.191 e. The Morgan fingerprint density at radius 2 is 1.92 bits per heavy atom. The standard InChI is InChI=1S/C18H37N5O/c1-16-7-5-6-9-22(16)10-8-20-17(19-4)21-15-18(2,3)23-11-13-24-14-12-23/h16H,5-15H2,1-4H3,(H2,19,20,21). The predicted molar refractivity (Wildman–Crippen MR) is 101 cm³/mol. The first kappa shape index (κ1) is 19.5. The van der Waals surface area contributed by atoms with Gasteiger partial charge in [-0.3, -0.25) is 14.8 Å². The monoisotopic (exact) mass is 339 g/mol. The molecule has 1 atom stereocenters. The Bertz CT molecular complexity index is 393. The molecule has 24 heavy (non-hydrogen) atoms. The average Bonchev–Trinajstić information content (AvgIpc) is 2.60. The molecule has 2 saturated heterocycles. The zero-order valence-corrected chi connectivity index (χ0v) is 16.1. The van der Waals surface area contributed by atoms with Crippen molar-refractivity contribution in [3.05, 3.63) is 0 Å². The molecule has 6 heteroatoms. The molecule has 0 aromatic heterocycles. The van der Waals surface area contributed by atoms with Gasteiger partial charge in [0.2, 0.25) is 0 Å². The molecule has 0 spiro atoms. The van der Waals surface area contributed by atoms with Crippen molar-refractivity contribution in [3.8, 4) is 0 Å². The molecular weight excluding hydrogens is 302 g/mol. The highest BCUT2D eigenvalue weighted by Crippen LogP contribution is 2.16. The van der Waals surface area contributed by atoms with Crippen LogP contribution < -0.4 is 10.6 Å². The summed E-state index contributed by atoms with van der Waals surface area (Å²) in [6.07, 6.45) is 4.05. The van der Waals surface area contributed by atoms with E-state index in [0.717, 1.165) is 57.9 Å². The van der Waals surface area contributed by atoms with Gasteiger partial charge >= 0.3 is 0 Å². The summed E-state index contributed by atoms with van der Waals surface area (Å²) in [5, 5.41) is 6.96. The molecule has 0 bridgehead atoms. The number of ether oxygens (including phenoxy) is 1. The maximum atomic E-state index is 5.46. The topological polar surface area (TPSA) is 52.1 Å². The van der Waals surface area contributed by atoms with E-state index in [-0.39, 0.29) is 5.54 Å². The first-order valence-corrected chi connectivity index (χ1v) is 9.54. The second-order valence-corrected chi connectivity index (χ2v) is 7.65. The normalized spacial score (nSPS) is 24.8. The summed E-state index contributed by atoms with van der Waals surface area (Å²) in [5.41, 5.74) is 0.1000. The molecule has 2 rings (SSSR count). The molecule has 2 aliphatic heterocycles. The molecule has 0 saturated carbocycles. The van der Waals surface area contributed by atoms with Crippen LogP contribution >= 0.6 is 0 Å². The minimum Gasteiger partial charge on any atom is -0.379 e. The van der Waals surface area contributed by atoms with Crippen LogP contribution in [0.25, 0.3) is 0 Å². The first-order chi connectivity index (χ1) is 11.5. The van der Waals surface area contributed by atoms with Crippen LogP contribution in [0.4, 0.5) is 0 Å². The number of guanidine groups is 1. The fourth-order valence-electron chi connectivity index (χ4n) is 3.61. The molecule has 0 radical (unpaired) electrons. The molecular formula is C18H37N5O. The van der Waals surface area contributed by atoms with Gasteiger partial charge in [-0.2, -0.15) is 0 Å². The van der Waals surface area contributed by atoms with E-state index in [2.05, 4.69) is 46.2 Å². The lowest BCUT2D eigenvalue weighted by atomic mass is 10.0. The minimum atomic E-state index is 0.1000. The number of piperidine rings is 1. The van der Waals surface area contributed by atoms with Gasteiger partial charge in [-0.15, -0.1) is 0 Å². The van der Waals surface area contributed by atoms with Crippen molar-refractivity contribution in [1.82, 2.24) is 20.4 Å². The number of likely N-dealkylation sites (tertiary alicyclic amines) is 1. The minimum absolute atomic E-state index is 0.1000. The SMILES string of the molecule is CN=C(NCCN1CCCCC1C)NCC(C)(C)N1CCOCC1. The number of rotatable bonds is 6. The van der Waals surface area contributed by atoms with E-state index >= 15 is 0 Å². The number of aliphatic imine (C=N–C) groups is 1. The fourth-order valence-corrected chi connectivity index (χ4v) is 3.61. The Morgan fingerprint density at radius 3 is 2.58 bits per heavy atom. The quantitative estimate of drug-likeness (QED) is 0.561. The summed E-state index contributed by atoms with van der Waals surface area (Å²) < 4.78 is 5.46. The number of hydrogen-bond acceptors (Lipinski definition) is 4. The van der Waals surface area contributed by atoms with E-state index in [1.807, 2.05) is 7.05 Å². The van der Waals surface area contributed by atoms with E-state index in [0.29, 0.717) is 0 Å². The smallest absolute Gasteiger partial charge is 0.191 e. The first-order valence-electron chi connectivity index (χ1n) is 9.54. The molecule has 1 unspecified atom stereocenters. The highest BCUT2D eigenvalue weighted by atomic mass is 16.5. The van der Waals surface area contributed by atoms with Crippen LogP contribution in [0.5, 0.6) is 0 Å². The van der Waals surface area contributed by atoms with Crippen LogP contribution in [0.3, 0.4) is 0 Å². The van der Waals surface area contributed by atoms with Crippen LogP contribution in [0.2, 0.25) is 0 Å². The molecule has 0 amide bonds. The zero-order chi connectivity index (χ0) is 17.4. The summed E-state index contributed by atoms with van der Waals surface area (Å²) in [5.74, 6) is 0.904. The van der Waals surface area contributed by atoms with Crippen LogP contribution in [-0.4, -0.2) is 86.9 Å². The van der Waals surface area contributed by atoms with Gasteiger partial charge in [-0.05, 0) is 40.2 Å². The molecule has 140 valence electrons. The van der Waals surface area contributed by atoms with Gasteiger partial charge < -0.3 is 15.4 Å². The summed E-state index contributed by atoms with van der Waals surface area (Å²) in [4.78, 5) is 9.45. The zero-order valence-electron chi connectivity index (χ0n) is 16.1. The van der Waals surface area contributed by atoms with Crippen LogP contribution in [0.15, 0.2) is 4.99 Å². The Morgan fingerprint density at radius 1 is 1.17 bits per heavy atom. The lowest BCUT2D eigenvalue weighted by Gasteiger charge is -2.41. The molecule has 6 nitrogen and oxygen atoms in total. The Labute approximate surface area is 148 Å². The lowest BCUT2D eigenvalue weighted by Crippen LogP contribution is -2.56. The Balaban J connectivity index is 1.69. The molecule has 0 aliphatic carbocycles. The van der Waals surface area contributed by atoms with E-state index in [9.17, 15) is 0 Å². The summed E-state index contributed by atoms with van der Waals surface area (Å²) in [6.45, 7) is 14.8. The highest BCUT2D eigenvalue weighted by Gasteiger charge is 2.28. The van der Waals surface area contributed by atoms with Gasteiger partial charge in [-0.25, -0.2) is 0 Å². The van der Waals surface area contributed by atoms with E-state index < -0.39 is 0 Å². The molecule has 2 heterocycles. The third-order valence-electron chi connectivity index (χ3n) is 5.41. The van der Waals surface area contributed by atoms with Crippen molar-refractivity contribution in [2.45, 2.75) is 51.6 Å². The van der Waals surface area contributed by atoms with Crippen molar-refractivity contribution < 1.29 is 4.74 Å². The molecule has 2 aliphatic rings. The van der Waals surface area contributed by atoms with Crippen molar-refractivity contribution >= 4 is 5.96 Å². The van der Waals surface area contributed by atoms with Gasteiger partial charge in [0.25, 0.3) is 0 Å². The number of nitrogens with one attached hydrogen (secondary N) is 2. The van der Waals surface area contributed by atoms with Gasteiger partial charge in [0.05, 0.1) is 13.2 Å². The second kappa shape index (κ2) is 9.59. The largest absolute Gasteiger partial charge is 0.379 e. The van der Waals surface area contributed by atoms with Crippen molar-refractivity contribution in [1.29, 1.82) is 0 Å². The molecule has 0 aromatic carbocycles. The highest BCUT2D eigenvalue weighted by molar-refractivity contribution is 5.79. The summed E-state index contributed by atoms with van der Waals surface area (Å²) >= 11 is 0. The second-order valence-electron chi connectivity index (χ2n) is 7.65. The lowest BCUT2D eigenvalue weighted by molar-refractivity contribution is -0.00834.